The van der Waals surface area contributed by atoms with Gasteiger partial charge in [0.05, 0.1) is 0 Å². The van der Waals surface area contributed by atoms with E-state index in [0.717, 1.165) is 17.5 Å². The summed E-state index contributed by atoms with van der Waals surface area (Å²) in [6.45, 7) is 0.373. The maximum Gasteiger partial charge on any atom is 0.387 e. The van der Waals surface area contributed by atoms with E-state index in [4.69, 9.17) is 0 Å². The van der Waals surface area contributed by atoms with E-state index in [0.29, 0.717) is 37.6 Å². The van der Waals surface area contributed by atoms with Crippen LogP contribution in [-0.4, -0.2) is 47.2 Å². The molecule has 0 radical (unpaired) electrons. The van der Waals surface area contributed by atoms with E-state index in [1.807, 2.05) is 4.90 Å². The van der Waals surface area contributed by atoms with Crippen LogP contribution in [0, 0.1) is 0 Å². The number of hydrogen-bond donors (Lipinski definition) is 1. The quantitative estimate of drug-likeness (QED) is 0.849. The van der Waals surface area contributed by atoms with Gasteiger partial charge in [-0.25, -0.2) is 4.79 Å². The molecule has 7 nitrogen and oxygen atoms in total. The summed E-state index contributed by atoms with van der Waals surface area (Å²) < 4.78 is 30.8. The van der Waals surface area contributed by atoms with Crippen LogP contribution < -0.4 is 20.9 Å². The monoisotopic (exact) mass is 380 g/mol. The van der Waals surface area contributed by atoms with Crippen LogP contribution in [0.4, 0.5) is 14.6 Å². The largest absolute Gasteiger partial charge is 0.434 e. The lowest BCUT2D eigenvalue weighted by atomic mass is 10.2. The first-order chi connectivity index (χ1) is 12.9. The van der Waals surface area contributed by atoms with Gasteiger partial charge in [0.25, 0.3) is 5.56 Å². The summed E-state index contributed by atoms with van der Waals surface area (Å²) in [6.07, 6.45) is 0.815. The molecule has 1 aromatic carbocycles. The lowest BCUT2D eigenvalue weighted by Gasteiger charge is -2.23. The molecule has 3 rings (SSSR count). The van der Waals surface area contributed by atoms with Gasteiger partial charge in [0.15, 0.2) is 0 Å². The minimum absolute atomic E-state index is 0.185. The third-order valence-electron chi connectivity index (χ3n) is 4.64. The highest BCUT2D eigenvalue weighted by Gasteiger charge is 2.18. The van der Waals surface area contributed by atoms with Crippen molar-refractivity contribution in [3.63, 3.8) is 0 Å². The number of nitrogens with one attached hydrogen (secondary N) is 1. The molecular formula is C18H22F2N4O3. The molecule has 0 bridgehead atoms. The van der Waals surface area contributed by atoms with E-state index in [9.17, 15) is 18.4 Å². The third kappa shape index (κ3) is 4.73. The summed E-state index contributed by atoms with van der Waals surface area (Å²) in [5.41, 5.74) is -0.0992. The molecule has 1 fully saturated rings. The van der Waals surface area contributed by atoms with Gasteiger partial charge in [-0.3, -0.25) is 19.2 Å². The number of aromatic nitrogens is 2. The molecule has 27 heavy (non-hydrogen) atoms. The highest BCUT2D eigenvalue weighted by molar-refractivity contribution is 5.37. The molecule has 0 aliphatic carbocycles. The number of alkyl halides is 2. The topological polar surface area (TPSA) is 70.6 Å². The Bertz CT molecular complexity index is 865. The Kier molecular flexibility index (Phi) is 5.90. The molecule has 1 aliphatic heterocycles. The number of ether oxygens (including phenoxy) is 1. The number of anilines is 1. The van der Waals surface area contributed by atoms with Crippen molar-refractivity contribution in [1.29, 1.82) is 0 Å². The van der Waals surface area contributed by atoms with Crippen molar-refractivity contribution < 1.29 is 13.5 Å². The molecule has 1 saturated heterocycles. The fraction of sp³-hybridized carbons (Fsp3) is 0.444. The predicted molar refractivity (Wildman–Crippen MR) is 97.5 cm³/mol. The lowest BCUT2D eigenvalue weighted by Crippen LogP contribution is -2.37. The Balaban J connectivity index is 1.69. The molecule has 0 saturated carbocycles. The maximum absolute atomic E-state index is 12.6. The summed E-state index contributed by atoms with van der Waals surface area (Å²) in [5, 5.41) is 0. The van der Waals surface area contributed by atoms with Crippen LogP contribution in [-0.2, 0) is 13.6 Å². The number of benzene rings is 1. The zero-order valence-corrected chi connectivity index (χ0v) is 15.0. The second kappa shape index (κ2) is 8.34. The van der Waals surface area contributed by atoms with Crippen LogP contribution in [0.25, 0.3) is 0 Å². The highest BCUT2D eigenvalue weighted by Crippen LogP contribution is 2.22. The van der Waals surface area contributed by atoms with Crippen molar-refractivity contribution in [2.24, 2.45) is 7.05 Å². The number of H-pyrrole nitrogens is 1. The van der Waals surface area contributed by atoms with E-state index < -0.39 is 12.3 Å². The molecule has 1 aliphatic rings. The van der Waals surface area contributed by atoms with Gasteiger partial charge in [0.1, 0.15) is 11.6 Å². The molecule has 2 heterocycles. The number of halogens is 2. The number of rotatable bonds is 5. The van der Waals surface area contributed by atoms with E-state index in [1.54, 1.807) is 18.2 Å². The first kappa shape index (κ1) is 19.1. The minimum Gasteiger partial charge on any atom is -0.434 e. The van der Waals surface area contributed by atoms with Crippen molar-refractivity contribution in [2.45, 2.75) is 19.6 Å². The van der Waals surface area contributed by atoms with Crippen LogP contribution in [0.2, 0.25) is 0 Å². The summed E-state index contributed by atoms with van der Waals surface area (Å²) in [7, 11) is 1.42. The number of hydrogen-bond acceptors (Lipinski definition) is 5. The smallest absolute Gasteiger partial charge is 0.387 e. The molecule has 0 amide bonds. The second-order valence-electron chi connectivity index (χ2n) is 6.46. The van der Waals surface area contributed by atoms with E-state index in [1.165, 1.54) is 19.2 Å². The Morgan fingerprint density at radius 1 is 1.15 bits per heavy atom. The predicted octanol–water partition coefficient (Wildman–Crippen LogP) is 1.39. The third-order valence-corrected chi connectivity index (χ3v) is 4.64. The fourth-order valence-corrected chi connectivity index (χ4v) is 3.17. The average Bonchev–Trinajstić information content (AvgIpc) is 2.86. The molecule has 0 unspecified atom stereocenters. The van der Waals surface area contributed by atoms with Crippen LogP contribution in [0.3, 0.4) is 0 Å². The second-order valence-corrected chi connectivity index (χ2v) is 6.46. The van der Waals surface area contributed by atoms with Crippen LogP contribution in [0.5, 0.6) is 5.75 Å². The Morgan fingerprint density at radius 2 is 1.93 bits per heavy atom. The summed E-state index contributed by atoms with van der Waals surface area (Å²) >= 11 is 0. The number of aromatic amines is 1. The van der Waals surface area contributed by atoms with Gasteiger partial charge in [0, 0.05) is 51.4 Å². The van der Waals surface area contributed by atoms with E-state index in [-0.39, 0.29) is 11.3 Å². The molecule has 146 valence electrons. The standard InChI is InChI=1S/C18H22F2N4O3/c1-22-16(25)11-15(21-18(22)26)24-8-4-7-23(9-10-24)12-13-5-2-3-6-14(13)27-17(19)20/h2-3,5-6,11,17H,4,7-10,12H2,1H3,(H,21,26). The first-order valence-corrected chi connectivity index (χ1v) is 8.74. The molecular weight excluding hydrogens is 358 g/mol. The fourth-order valence-electron chi connectivity index (χ4n) is 3.17. The van der Waals surface area contributed by atoms with Crippen LogP contribution in [0.1, 0.15) is 12.0 Å². The van der Waals surface area contributed by atoms with E-state index >= 15 is 0 Å². The summed E-state index contributed by atoms with van der Waals surface area (Å²) in [4.78, 5) is 30.5. The van der Waals surface area contributed by atoms with Crippen molar-refractivity contribution in [1.82, 2.24) is 14.5 Å². The van der Waals surface area contributed by atoms with Gasteiger partial charge in [0.2, 0.25) is 0 Å². The van der Waals surface area contributed by atoms with Gasteiger partial charge in [-0.15, -0.1) is 0 Å². The molecule has 0 atom stereocenters. The maximum atomic E-state index is 12.6. The average molecular weight is 380 g/mol. The summed E-state index contributed by atoms with van der Waals surface area (Å²) in [6, 6.07) is 8.19. The van der Waals surface area contributed by atoms with Crippen molar-refractivity contribution in [3.8, 4) is 5.75 Å². The zero-order chi connectivity index (χ0) is 19.4. The number of nitrogens with zero attached hydrogens (tertiary/aromatic N) is 3. The van der Waals surface area contributed by atoms with Gasteiger partial charge < -0.3 is 9.64 Å². The Labute approximate surface area is 154 Å². The first-order valence-electron chi connectivity index (χ1n) is 8.74. The lowest BCUT2D eigenvalue weighted by molar-refractivity contribution is -0.0507. The van der Waals surface area contributed by atoms with Gasteiger partial charge in [-0.05, 0) is 12.5 Å². The van der Waals surface area contributed by atoms with Gasteiger partial charge in [-0.1, -0.05) is 18.2 Å². The molecule has 1 aromatic heterocycles. The summed E-state index contributed by atoms with van der Waals surface area (Å²) in [5.74, 6) is 0.691. The highest BCUT2D eigenvalue weighted by atomic mass is 19.3. The van der Waals surface area contributed by atoms with Gasteiger partial charge >= 0.3 is 12.3 Å². The minimum atomic E-state index is -2.86. The normalized spacial score (nSPS) is 15.8. The van der Waals surface area contributed by atoms with Crippen molar-refractivity contribution in [3.05, 3.63) is 56.7 Å². The molecule has 0 spiro atoms. The molecule has 2 aromatic rings. The van der Waals surface area contributed by atoms with Crippen molar-refractivity contribution in [2.75, 3.05) is 31.1 Å². The van der Waals surface area contributed by atoms with E-state index in [2.05, 4.69) is 14.6 Å². The zero-order valence-electron chi connectivity index (χ0n) is 15.0. The molecule has 1 N–H and O–H groups in total. The Hall–Kier alpha value is -2.68. The van der Waals surface area contributed by atoms with Crippen LogP contribution in [0.15, 0.2) is 39.9 Å². The number of para-hydroxylation sites is 1. The van der Waals surface area contributed by atoms with Crippen molar-refractivity contribution >= 4 is 5.82 Å². The molecule has 9 heteroatoms. The van der Waals surface area contributed by atoms with Gasteiger partial charge in [-0.2, -0.15) is 8.78 Å². The SMILES string of the molecule is Cn1c(=O)cc(N2CCCN(Cc3ccccc3OC(F)F)CC2)[nH]c1=O. The van der Waals surface area contributed by atoms with Crippen LogP contribution >= 0.6 is 0 Å². The Morgan fingerprint density at radius 3 is 2.67 bits per heavy atom.